The quantitative estimate of drug-likeness (QED) is 0.719. The summed E-state index contributed by atoms with van der Waals surface area (Å²) in [5.74, 6) is 1.76. The molecule has 3 atom stereocenters. The Morgan fingerprint density at radius 2 is 1.92 bits per heavy atom. The van der Waals surface area contributed by atoms with Crippen LogP contribution in [0.3, 0.4) is 0 Å². The van der Waals surface area contributed by atoms with Gasteiger partial charge in [-0.25, -0.2) is 0 Å². The molecular weight excluding hydrogens is 314 g/mol. The molecular formula is C21H31NO3. The van der Waals surface area contributed by atoms with Crippen molar-refractivity contribution in [1.82, 2.24) is 5.32 Å². The van der Waals surface area contributed by atoms with Crippen LogP contribution in [-0.2, 0) is 6.42 Å². The molecule has 1 aromatic rings. The van der Waals surface area contributed by atoms with Crippen molar-refractivity contribution in [2.45, 2.75) is 45.3 Å². The van der Waals surface area contributed by atoms with Crippen LogP contribution in [0.2, 0.25) is 0 Å². The molecule has 0 amide bonds. The van der Waals surface area contributed by atoms with Crippen LogP contribution in [0.25, 0.3) is 0 Å². The number of aliphatic hydroxyl groups is 1. The predicted molar refractivity (Wildman–Crippen MR) is 102 cm³/mol. The van der Waals surface area contributed by atoms with Crippen LogP contribution < -0.4 is 14.8 Å². The molecule has 138 valence electrons. The zero-order chi connectivity index (χ0) is 18.2. The van der Waals surface area contributed by atoms with E-state index in [1.54, 1.807) is 14.2 Å². The van der Waals surface area contributed by atoms with E-state index >= 15 is 0 Å². The normalized spacial score (nSPS) is 20.9. The van der Waals surface area contributed by atoms with E-state index in [9.17, 15) is 5.11 Å². The van der Waals surface area contributed by atoms with Crippen molar-refractivity contribution in [3.63, 3.8) is 0 Å². The topological polar surface area (TPSA) is 50.7 Å². The van der Waals surface area contributed by atoms with Crippen LogP contribution in [0.4, 0.5) is 0 Å². The van der Waals surface area contributed by atoms with E-state index in [1.807, 2.05) is 18.2 Å². The third-order valence-corrected chi connectivity index (χ3v) is 4.74. The Bertz CT molecular complexity index is 609. The van der Waals surface area contributed by atoms with Gasteiger partial charge in [-0.1, -0.05) is 36.8 Å². The Kier molecular flexibility index (Phi) is 7.53. The molecule has 0 saturated heterocycles. The number of ether oxygens (including phenoxy) is 2. The van der Waals surface area contributed by atoms with Crippen LogP contribution >= 0.6 is 0 Å². The summed E-state index contributed by atoms with van der Waals surface area (Å²) < 4.78 is 10.6. The van der Waals surface area contributed by atoms with Crippen LogP contribution in [0.15, 0.2) is 42.0 Å². The molecule has 0 saturated carbocycles. The molecule has 1 aromatic carbocycles. The van der Waals surface area contributed by atoms with Crippen LogP contribution in [0.5, 0.6) is 11.5 Å². The number of rotatable bonds is 9. The second-order valence-corrected chi connectivity index (χ2v) is 6.78. The third-order valence-electron chi connectivity index (χ3n) is 4.74. The van der Waals surface area contributed by atoms with E-state index in [-0.39, 0.29) is 12.0 Å². The van der Waals surface area contributed by atoms with Gasteiger partial charge in [-0.3, -0.25) is 0 Å². The van der Waals surface area contributed by atoms with E-state index in [0.717, 1.165) is 37.3 Å². The SMILES string of the molecule is COc1ccc(CCNC(C)CCC2=CC(C)C(O)C=C2)cc1OC. The zero-order valence-corrected chi connectivity index (χ0v) is 15.8. The maximum absolute atomic E-state index is 9.71. The second-order valence-electron chi connectivity index (χ2n) is 6.78. The van der Waals surface area contributed by atoms with Crippen molar-refractivity contribution in [3.05, 3.63) is 47.6 Å². The minimum atomic E-state index is -0.333. The molecule has 0 radical (unpaired) electrons. The van der Waals surface area contributed by atoms with Crippen molar-refractivity contribution in [1.29, 1.82) is 0 Å². The largest absolute Gasteiger partial charge is 0.493 e. The maximum atomic E-state index is 9.71. The average Bonchev–Trinajstić information content (AvgIpc) is 2.62. The van der Waals surface area contributed by atoms with E-state index in [0.29, 0.717) is 6.04 Å². The molecule has 1 aliphatic rings. The summed E-state index contributed by atoms with van der Waals surface area (Å²) in [6.45, 7) is 5.21. The second kappa shape index (κ2) is 9.64. The van der Waals surface area contributed by atoms with E-state index in [2.05, 4.69) is 37.4 Å². The lowest BCUT2D eigenvalue weighted by Gasteiger charge is -2.19. The molecule has 25 heavy (non-hydrogen) atoms. The fraction of sp³-hybridized carbons (Fsp3) is 0.524. The van der Waals surface area contributed by atoms with Crippen molar-refractivity contribution < 1.29 is 14.6 Å². The van der Waals surface area contributed by atoms with E-state index in [1.165, 1.54) is 11.1 Å². The van der Waals surface area contributed by atoms with Gasteiger partial charge in [0, 0.05) is 12.0 Å². The summed E-state index contributed by atoms with van der Waals surface area (Å²) in [5, 5.41) is 13.3. The lowest BCUT2D eigenvalue weighted by Crippen LogP contribution is -2.28. The first-order chi connectivity index (χ1) is 12.0. The fourth-order valence-corrected chi connectivity index (χ4v) is 3.04. The molecule has 2 N–H and O–H groups in total. The molecule has 0 bridgehead atoms. The highest BCUT2D eigenvalue weighted by Crippen LogP contribution is 2.27. The summed E-state index contributed by atoms with van der Waals surface area (Å²) in [5.41, 5.74) is 2.56. The molecule has 3 unspecified atom stereocenters. The fourth-order valence-electron chi connectivity index (χ4n) is 3.04. The highest BCUT2D eigenvalue weighted by atomic mass is 16.5. The molecule has 1 aliphatic carbocycles. The maximum Gasteiger partial charge on any atom is 0.160 e. The Labute approximate surface area is 151 Å². The first-order valence-corrected chi connectivity index (χ1v) is 9.04. The van der Waals surface area contributed by atoms with E-state index in [4.69, 9.17) is 9.47 Å². The molecule has 0 fully saturated rings. The third kappa shape index (κ3) is 5.91. The van der Waals surface area contributed by atoms with Crippen molar-refractivity contribution in [3.8, 4) is 11.5 Å². The standard InChI is InChI=1S/C21H31NO3/c1-15-13-17(7-9-19(15)23)6-5-16(2)22-12-11-18-8-10-20(24-3)21(14-18)25-4/h7-10,13-16,19,22-23H,5-6,11-12H2,1-4H3. The van der Waals surface area contributed by atoms with Crippen LogP contribution in [0, 0.1) is 5.92 Å². The first kappa shape index (κ1) is 19.5. The number of allylic oxidation sites excluding steroid dienone is 2. The number of benzene rings is 1. The average molecular weight is 345 g/mol. The summed E-state index contributed by atoms with van der Waals surface area (Å²) in [6.07, 6.45) is 8.89. The number of nitrogens with one attached hydrogen (secondary N) is 1. The van der Waals surface area contributed by atoms with Gasteiger partial charge in [-0.15, -0.1) is 0 Å². The molecule has 2 rings (SSSR count). The first-order valence-electron chi connectivity index (χ1n) is 9.04. The summed E-state index contributed by atoms with van der Waals surface area (Å²) in [7, 11) is 3.31. The van der Waals surface area contributed by atoms with Gasteiger partial charge in [0.15, 0.2) is 11.5 Å². The monoisotopic (exact) mass is 345 g/mol. The molecule has 0 heterocycles. The lowest BCUT2D eigenvalue weighted by atomic mass is 9.92. The van der Waals surface area contributed by atoms with Crippen LogP contribution in [-0.4, -0.2) is 38.0 Å². The Hall–Kier alpha value is -1.78. The Morgan fingerprint density at radius 1 is 1.16 bits per heavy atom. The highest BCUT2D eigenvalue weighted by Gasteiger charge is 2.14. The Balaban J connectivity index is 1.73. The minimum absolute atomic E-state index is 0.216. The van der Waals surface area contributed by atoms with Gasteiger partial charge in [0.25, 0.3) is 0 Å². The number of hydrogen-bond acceptors (Lipinski definition) is 4. The number of aliphatic hydroxyl groups excluding tert-OH is 1. The van der Waals surface area contributed by atoms with Gasteiger partial charge >= 0.3 is 0 Å². The van der Waals surface area contributed by atoms with Gasteiger partial charge < -0.3 is 19.9 Å². The molecule has 0 aliphatic heterocycles. The van der Waals surface area contributed by atoms with Gasteiger partial charge in [-0.05, 0) is 50.4 Å². The lowest BCUT2D eigenvalue weighted by molar-refractivity contribution is 0.183. The minimum Gasteiger partial charge on any atom is -0.493 e. The van der Waals surface area contributed by atoms with Crippen molar-refractivity contribution in [2.75, 3.05) is 20.8 Å². The van der Waals surface area contributed by atoms with Gasteiger partial charge in [-0.2, -0.15) is 0 Å². The summed E-state index contributed by atoms with van der Waals surface area (Å²) in [4.78, 5) is 0. The van der Waals surface area contributed by atoms with Crippen molar-refractivity contribution >= 4 is 0 Å². The molecule has 4 nitrogen and oxygen atoms in total. The molecule has 4 heteroatoms. The predicted octanol–water partition coefficient (Wildman–Crippen LogP) is 3.50. The van der Waals surface area contributed by atoms with Gasteiger partial charge in [0.1, 0.15) is 0 Å². The molecule has 0 spiro atoms. The molecule has 0 aromatic heterocycles. The summed E-state index contributed by atoms with van der Waals surface area (Å²) >= 11 is 0. The van der Waals surface area contributed by atoms with Crippen molar-refractivity contribution in [2.24, 2.45) is 5.92 Å². The summed E-state index contributed by atoms with van der Waals surface area (Å²) in [6, 6.07) is 6.53. The highest BCUT2D eigenvalue weighted by molar-refractivity contribution is 5.42. The number of hydrogen-bond donors (Lipinski definition) is 2. The smallest absolute Gasteiger partial charge is 0.160 e. The van der Waals surface area contributed by atoms with Gasteiger partial charge in [0.2, 0.25) is 0 Å². The number of methoxy groups -OCH3 is 2. The Morgan fingerprint density at radius 3 is 2.60 bits per heavy atom. The van der Waals surface area contributed by atoms with Crippen LogP contribution in [0.1, 0.15) is 32.3 Å². The zero-order valence-electron chi connectivity index (χ0n) is 15.8. The van der Waals surface area contributed by atoms with Gasteiger partial charge in [0.05, 0.1) is 20.3 Å². The van der Waals surface area contributed by atoms with E-state index < -0.39 is 0 Å².